The number of imidazole rings is 1. The summed E-state index contributed by atoms with van der Waals surface area (Å²) in [6.07, 6.45) is 3.94. The molecule has 2 heterocycles. The Morgan fingerprint density at radius 1 is 1.17 bits per heavy atom. The van der Waals surface area contributed by atoms with Gasteiger partial charge in [0.05, 0.1) is 23.9 Å². The van der Waals surface area contributed by atoms with Crippen molar-refractivity contribution in [3.63, 3.8) is 0 Å². The summed E-state index contributed by atoms with van der Waals surface area (Å²) in [7, 11) is 0. The summed E-state index contributed by atoms with van der Waals surface area (Å²) >= 11 is 1.42. The molecule has 4 rings (SSSR count). The van der Waals surface area contributed by atoms with Gasteiger partial charge in [-0.2, -0.15) is 0 Å². The number of carbonyl (C=O) groups excluding carboxylic acids is 2. The Morgan fingerprint density at radius 2 is 1.93 bits per heavy atom. The van der Waals surface area contributed by atoms with Crippen molar-refractivity contribution in [2.45, 2.75) is 24.5 Å². The topological polar surface area (TPSA) is 67.2 Å². The van der Waals surface area contributed by atoms with E-state index >= 15 is 0 Å². The Hall–Kier alpha value is -3.06. The molecule has 0 saturated carbocycles. The molecule has 1 saturated heterocycles. The zero-order valence-corrected chi connectivity index (χ0v) is 17.6. The molecule has 154 valence electrons. The van der Waals surface area contributed by atoms with Crippen LogP contribution in [0.2, 0.25) is 0 Å². The standard InChI is InChI=1S/C23H24N4O2S/c1-17-7-5-6-10-19(17)27-14-12-25-23(27)30-16-22(29)26-13-11-24-21(28)15-20(26)18-8-3-2-4-9-18/h2-10,12,14,20H,11,13,15-16H2,1H3,(H,24,28)/t20-/m1/s1. The summed E-state index contributed by atoms with van der Waals surface area (Å²) in [6, 6.07) is 17.6. The van der Waals surface area contributed by atoms with E-state index in [0.29, 0.717) is 13.1 Å². The van der Waals surface area contributed by atoms with Crippen LogP contribution in [-0.2, 0) is 9.59 Å². The van der Waals surface area contributed by atoms with Gasteiger partial charge in [0.15, 0.2) is 5.16 Å². The van der Waals surface area contributed by atoms with Gasteiger partial charge in [0.2, 0.25) is 11.8 Å². The fourth-order valence-electron chi connectivity index (χ4n) is 3.72. The number of thioether (sulfide) groups is 1. The largest absolute Gasteiger partial charge is 0.354 e. The van der Waals surface area contributed by atoms with Gasteiger partial charge < -0.3 is 10.2 Å². The second kappa shape index (κ2) is 9.17. The summed E-state index contributed by atoms with van der Waals surface area (Å²) in [4.78, 5) is 31.6. The van der Waals surface area contributed by atoms with Crippen LogP contribution in [0.15, 0.2) is 72.1 Å². The van der Waals surface area contributed by atoms with E-state index in [0.717, 1.165) is 22.0 Å². The van der Waals surface area contributed by atoms with E-state index < -0.39 is 0 Å². The molecule has 0 bridgehead atoms. The van der Waals surface area contributed by atoms with E-state index in [9.17, 15) is 9.59 Å². The van der Waals surface area contributed by atoms with E-state index in [1.165, 1.54) is 11.8 Å². The predicted octanol–water partition coefficient (Wildman–Crippen LogP) is 3.36. The Kier molecular flexibility index (Phi) is 6.18. The average Bonchev–Trinajstić information content (AvgIpc) is 3.14. The minimum atomic E-state index is -0.252. The third kappa shape index (κ3) is 4.41. The molecule has 2 amide bonds. The van der Waals surface area contributed by atoms with Crippen LogP contribution in [0.5, 0.6) is 0 Å². The highest BCUT2D eigenvalue weighted by atomic mass is 32.2. The van der Waals surface area contributed by atoms with Gasteiger partial charge >= 0.3 is 0 Å². The number of benzene rings is 2. The van der Waals surface area contributed by atoms with Crippen molar-refractivity contribution < 1.29 is 9.59 Å². The average molecular weight is 421 g/mol. The molecule has 6 nitrogen and oxygen atoms in total. The van der Waals surface area contributed by atoms with Crippen LogP contribution in [0, 0.1) is 6.92 Å². The molecule has 0 spiro atoms. The molecule has 1 aliphatic rings. The maximum absolute atomic E-state index is 13.2. The van der Waals surface area contributed by atoms with Gasteiger partial charge in [-0.25, -0.2) is 4.98 Å². The molecule has 1 fully saturated rings. The molecule has 0 aliphatic carbocycles. The number of aromatic nitrogens is 2. The predicted molar refractivity (Wildman–Crippen MR) is 118 cm³/mol. The quantitative estimate of drug-likeness (QED) is 0.643. The molecule has 1 atom stereocenters. The molecule has 1 N–H and O–H groups in total. The van der Waals surface area contributed by atoms with Gasteiger partial charge in [-0.15, -0.1) is 0 Å². The summed E-state index contributed by atoms with van der Waals surface area (Å²) in [5.74, 6) is 0.243. The third-order valence-corrected chi connectivity index (χ3v) is 6.19. The summed E-state index contributed by atoms with van der Waals surface area (Å²) in [6.45, 7) is 3.02. The number of amides is 2. The lowest BCUT2D eigenvalue weighted by molar-refractivity contribution is -0.131. The van der Waals surface area contributed by atoms with E-state index in [2.05, 4.69) is 23.3 Å². The van der Waals surface area contributed by atoms with Crippen LogP contribution < -0.4 is 5.32 Å². The van der Waals surface area contributed by atoms with Crippen LogP contribution in [0.4, 0.5) is 0 Å². The smallest absolute Gasteiger partial charge is 0.233 e. The lowest BCUT2D eigenvalue weighted by atomic mass is 10.0. The first-order valence-corrected chi connectivity index (χ1v) is 11.0. The van der Waals surface area contributed by atoms with Crippen molar-refractivity contribution in [2.24, 2.45) is 0 Å². The zero-order valence-electron chi connectivity index (χ0n) is 16.8. The van der Waals surface area contributed by atoms with Crippen molar-refractivity contribution in [3.8, 4) is 5.69 Å². The molecular formula is C23H24N4O2S. The first-order valence-electron chi connectivity index (χ1n) is 9.97. The zero-order chi connectivity index (χ0) is 20.9. The second-order valence-corrected chi connectivity index (χ2v) is 8.17. The molecule has 1 aliphatic heterocycles. The first-order chi connectivity index (χ1) is 14.6. The SMILES string of the molecule is Cc1ccccc1-n1ccnc1SCC(=O)N1CCNC(=O)C[C@@H]1c1ccccc1. The van der Waals surface area contributed by atoms with Gasteiger partial charge in [0.25, 0.3) is 0 Å². The Balaban J connectivity index is 1.51. The number of hydrogen-bond acceptors (Lipinski definition) is 4. The lowest BCUT2D eigenvalue weighted by Crippen LogP contribution is -2.37. The van der Waals surface area contributed by atoms with E-state index in [4.69, 9.17) is 0 Å². The summed E-state index contributed by atoms with van der Waals surface area (Å²) in [5, 5.41) is 3.66. The van der Waals surface area contributed by atoms with Crippen molar-refractivity contribution >= 4 is 23.6 Å². The van der Waals surface area contributed by atoms with Crippen molar-refractivity contribution in [1.29, 1.82) is 0 Å². The van der Waals surface area contributed by atoms with Gasteiger partial charge in [-0.3, -0.25) is 14.2 Å². The number of aryl methyl sites for hydroxylation is 1. The molecule has 1 aromatic heterocycles. The van der Waals surface area contributed by atoms with Crippen molar-refractivity contribution in [2.75, 3.05) is 18.8 Å². The summed E-state index contributed by atoms with van der Waals surface area (Å²) in [5.41, 5.74) is 3.18. The fourth-order valence-corrected chi connectivity index (χ4v) is 4.58. The molecule has 7 heteroatoms. The summed E-state index contributed by atoms with van der Waals surface area (Å²) < 4.78 is 2.01. The molecule has 3 aromatic rings. The van der Waals surface area contributed by atoms with E-state index in [-0.39, 0.29) is 30.0 Å². The van der Waals surface area contributed by atoms with Gasteiger partial charge in [0.1, 0.15) is 0 Å². The van der Waals surface area contributed by atoms with E-state index in [1.807, 2.05) is 64.2 Å². The Bertz CT molecular complexity index is 1030. The highest BCUT2D eigenvalue weighted by molar-refractivity contribution is 7.99. The minimum Gasteiger partial charge on any atom is -0.354 e. The molecular weight excluding hydrogens is 396 g/mol. The minimum absolute atomic E-state index is 0.00434. The number of nitrogens with zero attached hydrogens (tertiary/aromatic N) is 3. The number of para-hydroxylation sites is 1. The van der Waals surface area contributed by atoms with Crippen LogP contribution in [0.25, 0.3) is 5.69 Å². The Labute approximate surface area is 180 Å². The van der Waals surface area contributed by atoms with Crippen molar-refractivity contribution in [1.82, 2.24) is 19.8 Å². The molecule has 30 heavy (non-hydrogen) atoms. The van der Waals surface area contributed by atoms with Crippen LogP contribution in [0.3, 0.4) is 0 Å². The first kappa shape index (κ1) is 20.2. The third-order valence-electron chi connectivity index (χ3n) is 5.24. The monoisotopic (exact) mass is 420 g/mol. The van der Waals surface area contributed by atoms with Gasteiger partial charge in [0, 0.05) is 25.5 Å². The molecule has 0 unspecified atom stereocenters. The highest BCUT2D eigenvalue weighted by Gasteiger charge is 2.29. The number of carbonyl (C=O) groups is 2. The van der Waals surface area contributed by atoms with Gasteiger partial charge in [-0.05, 0) is 24.1 Å². The van der Waals surface area contributed by atoms with E-state index in [1.54, 1.807) is 6.20 Å². The number of rotatable bonds is 5. The van der Waals surface area contributed by atoms with Crippen LogP contribution in [-0.4, -0.2) is 45.1 Å². The van der Waals surface area contributed by atoms with Gasteiger partial charge in [-0.1, -0.05) is 60.3 Å². The second-order valence-electron chi connectivity index (χ2n) is 7.22. The van der Waals surface area contributed by atoms with Crippen LogP contribution in [0.1, 0.15) is 23.6 Å². The normalized spacial score (nSPS) is 16.8. The fraction of sp³-hybridized carbons (Fsp3) is 0.261. The maximum Gasteiger partial charge on any atom is 0.233 e. The Morgan fingerprint density at radius 3 is 2.73 bits per heavy atom. The van der Waals surface area contributed by atoms with Crippen molar-refractivity contribution in [3.05, 3.63) is 78.1 Å². The number of nitrogens with one attached hydrogen (secondary N) is 1. The molecule has 2 aromatic carbocycles. The number of hydrogen-bond donors (Lipinski definition) is 1. The lowest BCUT2D eigenvalue weighted by Gasteiger charge is -2.29. The maximum atomic E-state index is 13.2. The van der Waals surface area contributed by atoms with Crippen LogP contribution >= 0.6 is 11.8 Å². The molecule has 0 radical (unpaired) electrons. The highest BCUT2D eigenvalue weighted by Crippen LogP contribution is 2.28.